The number of carbonyl (C=O) groups excluding carboxylic acids is 1. The van der Waals surface area contributed by atoms with E-state index in [2.05, 4.69) is 17.6 Å². The average molecular weight is 478 g/mol. The first-order valence-electron chi connectivity index (χ1n) is 10.4. The van der Waals surface area contributed by atoms with E-state index >= 15 is 0 Å². The molecule has 1 unspecified atom stereocenters. The lowest BCUT2D eigenvalue weighted by molar-refractivity contribution is -0.133. The minimum absolute atomic E-state index is 0. The monoisotopic (exact) mass is 478 g/mol. The highest BCUT2D eigenvalue weighted by molar-refractivity contribution is 14.0. The van der Waals surface area contributed by atoms with Gasteiger partial charge >= 0.3 is 0 Å². The van der Waals surface area contributed by atoms with Crippen molar-refractivity contribution < 1.29 is 4.79 Å². The smallest absolute Gasteiger partial charge is 0.225 e. The molecule has 2 fully saturated rings. The van der Waals surface area contributed by atoms with Gasteiger partial charge in [0.05, 0.1) is 0 Å². The van der Waals surface area contributed by atoms with Crippen molar-refractivity contribution in [1.29, 1.82) is 0 Å². The second-order valence-electron chi connectivity index (χ2n) is 8.00. The zero-order valence-electron chi connectivity index (χ0n) is 16.9. The SMILES string of the molecule is CCNC(=NCC1CCCCCCC1)NC1CCN(C(=O)C(C)C)C1.I. The van der Waals surface area contributed by atoms with Gasteiger partial charge in [0.1, 0.15) is 0 Å². The molecule has 0 spiro atoms. The van der Waals surface area contributed by atoms with Crippen LogP contribution < -0.4 is 10.6 Å². The minimum atomic E-state index is 0. The molecule has 1 heterocycles. The van der Waals surface area contributed by atoms with Crippen LogP contribution in [0.4, 0.5) is 0 Å². The van der Waals surface area contributed by atoms with Crippen molar-refractivity contribution in [2.75, 3.05) is 26.2 Å². The van der Waals surface area contributed by atoms with Gasteiger partial charge in [0.2, 0.25) is 5.91 Å². The van der Waals surface area contributed by atoms with Gasteiger partial charge in [0.15, 0.2) is 5.96 Å². The van der Waals surface area contributed by atoms with Crippen molar-refractivity contribution in [3.63, 3.8) is 0 Å². The van der Waals surface area contributed by atoms with Gasteiger partial charge in [-0.3, -0.25) is 9.79 Å². The molecule has 2 rings (SSSR count). The number of hydrogen-bond donors (Lipinski definition) is 2. The number of rotatable bonds is 5. The summed E-state index contributed by atoms with van der Waals surface area (Å²) in [6, 6.07) is 0.317. The highest BCUT2D eigenvalue weighted by Gasteiger charge is 2.28. The number of halogens is 1. The van der Waals surface area contributed by atoms with Crippen LogP contribution in [0.2, 0.25) is 0 Å². The second kappa shape index (κ2) is 12.8. The van der Waals surface area contributed by atoms with Crippen molar-refractivity contribution in [2.24, 2.45) is 16.8 Å². The molecule has 1 atom stereocenters. The highest BCUT2D eigenvalue weighted by atomic mass is 127. The van der Waals surface area contributed by atoms with Crippen molar-refractivity contribution in [3.05, 3.63) is 0 Å². The van der Waals surface area contributed by atoms with Crippen LogP contribution in [0, 0.1) is 11.8 Å². The van der Waals surface area contributed by atoms with Crippen molar-refractivity contribution in [1.82, 2.24) is 15.5 Å². The first kappa shape index (κ1) is 23.5. The lowest BCUT2D eigenvalue weighted by Gasteiger charge is -2.21. The molecule has 6 heteroatoms. The zero-order valence-corrected chi connectivity index (χ0v) is 19.3. The van der Waals surface area contributed by atoms with Gasteiger partial charge in [-0.25, -0.2) is 0 Å². The largest absolute Gasteiger partial charge is 0.357 e. The van der Waals surface area contributed by atoms with E-state index < -0.39 is 0 Å². The maximum atomic E-state index is 12.1. The van der Waals surface area contributed by atoms with E-state index in [1.165, 1.54) is 44.9 Å². The summed E-state index contributed by atoms with van der Waals surface area (Å²) in [6.07, 6.45) is 10.6. The molecule has 152 valence electrons. The molecule has 1 aliphatic heterocycles. The van der Waals surface area contributed by atoms with Crippen LogP contribution in [0.3, 0.4) is 0 Å². The molecule has 2 aliphatic rings. The van der Waals surface area contributed by atoms with Gasteiger partial charge in [0.25, 0.3) is 0 Å². The van der Waals surface area contributed by atoms with Crippen LogP contribution >= 0.6 is 24.0 Å². The van der Waals surface area contributed by atoms with Crippen molar-refractivity contribution in [3.8, 4) is 0 Å². The Kier molecular flexibility index (Phi) is 11.6. The Morgan fingerprint density at radius 1 is 1.12 bits per heavy atom. The Hall–Kier alpha value is -0.530. The molecule has 0 aromatic heterocycles. The van der Waals surface area contributed by atoms with Gasteiger partial charge in [-0.2, -0.15) is 0 Å². The maximum absolute atomic E-state index is 12.1. The van der Waals surface area contributed by atoms with Crippen LogP contribution in [0.25, 0.3) is 0 Å². The lowest BCUT2D eigenvalue weighted by Crippen LogP contribution is -2.45. The third kappa shape index (κ3) is 8.01. The number of aliphatic imine (C=N–C) groups is 1. The van der Waals surface area contributed by atoms with E-state index in [9.17, 15) is 4.79 Å². The van der Waals surface area contributed by atoms with Gasteiger partial charge in [-0.05, 0) is 32.1 Å². The fourth-order valence-corrected chi connectivity index (χ4v) is 3.90. The Morgan fingerprint density at radius 3 is 2.38 bits per heavy atom. The summed E-state index contributed by atoms with van der Waals surface area (Å²) in [5.41, 5.74) is 0. The van der Waals surface area contributed by atoms with E-state index in [0.717, 1.165) is 44.5 Å². The molecule has 0 aromatic carbocycles. The van der Waals surface area contributed by atoms with Crippen molar-refractivity contribution >= 4 is 35.8 Å². The van der Waals surface area contributed by atoms with Crippen LogP contribution in [-0.4, -0.2) is 49.0 Å². The van der Waals surface area contributed by atoms with Gasteiger partial charge < -0.3 is 15.5 Å². The Bertz CT molecular complexity index is 434. The molecule has 5 nitrogen and oxygen atoms in total. The molecule has 0 radical (unpaired) electrons. The second-order valence-corrected chi connectivity index (χ2v) is 8.00. The van der Waals surface area contributed by atoms with Crippen LogP contribution in [0.5, 0.6) is 0 Å². The molecule has 1 aliphatic carbocycles. The molecule has 1 amide bonds. The first-order valence-corrected chi connectivity index (χ1v) is 10.4. The quantitative estimate of drug-likeness (QED) is 0.359. The first-order chi connectivity index (χ1) is 12.1. The summed E-state index contributed by atoms with van der Waals surface area (Å²) in [7, 11) is 0. The Labute approximate surface area is 177 Å². The number of carbonyl (C=O) groups is 1. The molecular weight excluding hydrogens is 439 g/mol. The van der Waals surface area contributed by atoms with E-state index in [-0.39, 0.29) is 35.8 Å². The zero-order chi connectivity index (χ0) is 18.1. The van der Waals surface area contributed by atoms with E-state index in [4.69, 9.17) is 4.99 Å². The maximum Gasteiger partial charge on any atom is 0.225 e. The summed E-state index contributed by atoms with van der Waals surface area (Å²) in [4.78, 5) is 19.0. The fourth-order valence-electron chi connectivity index (χ4n) is 3.90. The summed E-state index contributed by atoms with van der Waals surface area (Å²) in [6.45, 7) is 9.51. The number of nitrogens with one attached hydrogen (secondary N) is 2. The fraction of sp³-hybridized carbons (Fsp3) is 0.900. The van der Waals surface area contributed by atoms with Crippen molar-refractivity contribution in [2.45, 2.75) is 78.2 Å². The summed E-state index contributed by atoms with van der Waals surface area (Å²) >= 11 is 0. The van der Waals surface area contributed by atoms with E-state index in [1.807, 2.05) is 18.7 Å². The molecule has 0 bridgehead atoms. The van der Waals surface area contributed by atoms with Gasteiger partial charge in [0, 0.05) is 38.1 Å². The Balaban J connectivity index is 0.00000338. The van der Waals surface area contributed by atoms with Crippen LogP contribution in [0.1, 0.15) is 72.1 Å². The summed E-state index contributed by atoms with van der Waals surface area (Å²) in [5.74, 6) is 2.01. The number of hydrogen-bond acceptors (Lipinski definition) is 2. The van der Waals surface area contributed by atoms with E-state index in [1.54, 1.807) is 0 Å². The standard InChI is InChI=1S/C20H38N4O.HI/c1-4-21-20(22-14-17-10-8-6-5-7-9-11-17)23-18-12-13-24(15-18)19(25)16(2)3;/h16-18H,4-15H2,1-3H3,(H2,21,22,23);1H. The molecule has 0 aromatic rings. The lowest BCUT2D eigenvalue weighted by atomic mass is 9.91. The third-order valence-electron chi connectivity index (χ3n) is 5.41. The highest BCUT2D eigenvalue weighted by Crippen LogP contribution is 2.22. The molecule has 26 heavy (non-hydrogen) atoms. The summed E-state index contributed by atoms with van der Waals surface area (Å²) in [5, 5.41) is 6.93. The predicted molar refractivity (Wildman–Crippen MR) is 120 cm³/mol. The minimum Gasteiger partial charge on any atom is -0.357 e. The van der Waals surface area contributed by atoms with E-state index in [0.29, 0.717) is 6.04 Å². The number of guanidine groups is 1. The third-order valence-corrected chi connectivity index (χ3v) is 5.41. The topological polar surface area (TPSA) is 56.7 Å². The molecule has 2 N–H and O–H groups in total. The van der Waals surface area contributed by atoms with Crippen LogP contribution in [-0.2, 0) is 4.79 Å². The predicted octanol–water partition coefficient (Wildman–Crippen LogP) is 3.78. The summed E-state index contributed by atoms with van der Waals surface area (Å²) < 4.78 is 0. The average Bonchev–Trinajstić information content (AvgIpc) is 3.01. The number of likely N-dealkylation sites (tertiary alicyclic amines) is 1. The normalized spacial score (nSPS) is 22.5. The van der Waals surface area contributed by atoms with Crippen LogP contribution in [0.15, 0.2) is 4.99 Å². The Morgan fingerprint density at radius 2 is 1.77 bits per heavy atom. The molecule has 1 saturated carbocycles. The number of amides is 1. The molecule has 1 saturated heterocycles. The number of nitrogens with zero attached hydrogens (tertiary/aromatic N) is 2. The van der Waals surface area contributed by atoms with Gasteiger partial charge in [-0.15, -0.1) is 24.0 Å². The molecular formula is C20H39IN4O. The van der Waals surface area contributed by atoms with Gasteiger partial charge in [-0.1, -0.05) is 46.0 Å².